The second-order valence-corrected chi connectivity index (χ2v) is 5.94. The summed E-state index contributed by atoms with van der Waals surface area (Å²) in [5.41, 5.74) is 1.30. The number of hydrogen-bond donors (Lipinski definition) is 0. The lowest BCUT2D eigenvalue weighted by Crippen LogP contribution is -2.47. The highest BCUT2D eigenvalue weighted by Crippen LogP contribution is 2.25. The van der Waals surface area contributed by atoms with Crippen LogP contribution >= 0.6 is 0 Å². The Bertz CT molecular complexity index is 653. The number of anilines is 1. The average molecular weight is 312 g/mol. The molecule has 0 aliphatic carbocycles. The van der Waals surface area contributed by atoms with E-state index in [1.807, 2.05) is 25.3 Å². The number of nitrogens with zero attached hydrogens (tertiary/aromatic N) is 4. The fourth-order valence-electron chi connectivity index (χ4n) is 3.07. The zero-order valence-electron chi connectivity index (χ0n) is 14.1. The van der Waals surface area contributed by atoms with Crippen LogP contribution in [0, 0.1) is 6.92 Å². The fourth-order valence-corrected chi connectivity index (χ4v) is 3.07. The Labute approximate surface area is 137 Å². The summed E-state index contributed by atoms with van der Waals surface area (Å²) in [4.78, 5) is 13.6. The van der Waals surface area contributed by atoms with Crippen LogP contribution in [0.4, 0.5) is 5.82 Å². The molecule has 2 aromatic rings. The number of rotatable bonds is 4. The van der Waals surface area contributed by atoms with Gasteiger partial charge in [-0.2, -0.15) is 0 Å². The van der Waals surface area contributed by atoms with Gasteiger partial charge in [0.15, 0.2) is 0 Å². The first kappa shape index (κ1) is 15.7. The Balaban J connectivity index is 1.64. The number of aromatic nitrogens is 2. The average Bonchev–Trinajstić information content (AvgIpc) is 2.61. The molecule has 0 radical (unpaired) electrons. The van der Waals surface area contributed by atoms with E-state index in [0.717, 1.165) is 43.6 Å². The summed E-state index contributed by atoms with van der Waals surface area (Å²) < 4.78 is 5.34. The molecule has 1 aromatic carbocycles. The van der Waals surface area contributed by atoms with Gasteiger partial charge in [-0.3, -0.25) is 4.90 Å². The van der Waals surface area contributed by atoms with E-state index in [0.29, 0.717) is 6.04 Å². The summed E-state index contributed by atoms with van der Waals surface area (Å²) in [6.45, 7) is 8.24. The molecule has 2 heterocycles. The minimum atomic E-state index is 0.388. The predicted molar refractivity (Wildman–Crippen MR) is 92.0 cm³/mol. The lowest BCUT2D eigenvalue weighted by Gasteiger charge is -2.38. The van der Waals surface area contributed by atoms with E-state index in [2.05, 4.69) is 44.9 Å². The number of ether oxygens (including phenoxy) is 1. The van der Waals surface area contributed by atoms with Crippen LogP contribution < -0.4 is 9.64 Å². The standard InChI is InChI=1S/C18H24N4O/c1-14(16-5-4-6-17(13-16)23-3)21-9-11-22(12-10-21)18-7-8-19-15(2)20-18/h4-8,13-14H,9-12H2,1-3H3. The molecule has 1 unspecified atom stereocenters. The van der Waals surface area contributed by atoms with Gasteiger partial charge in [-0.05, 0) is 37.6 Å². The maximum absolute atomic E-state index is 5.34. The van der Waals surface area contributed by atoms with Crippen molar-refractivity contribution in [3.05, 3.63) is 47.9 Å². The molecule has 0 bridgehead atoms. The van der Waals surface area contributed by atoms with Crippen LogP contribution in [0.2, 0.25) is 0 Å². The molecule has 1 atom stereocenters. The van der Waals surface area contributed by atoms with E-state index in [1.165, 1.54) is 5.56 Å². The lowest BCUT2D eigenvalue weighted by molar-refractivity contribution is 0.198. The van der Waals surface area contributed by atoms with Crippen LogP contribution in [0.3, 0.4) is 0 Å². The molecule has 1 saturated heterocycles. The zero-order valence-corrected chi connectivity index (χ0v) is 14.1. The van der Waals surface area contributed by atoms with Crippen molar-refractivity contribution in [1.29, 1.82) is 0 Å². The van der Waals surface area contributed by atoms with Crippen molar-refractivity contribution in [2.75, 3.05) is 38.2 Å². The Hall–Kier alpha value is -2.14. The van der Waals surface area contributed by atoms with Crippen LogP contribution in [0.5, 0.6) is 5.75 Å². The fraction of sp³-hybridized carbons (Fsp3) is 0.444. The Morgan fingerprint density at radius 3 is 2.61 bits per heavy atom. The number of methoxy groups -OCH3 is 1. The quantitative estimate of drug-likeness (QED) is 0.868. The second-order valence-electron chi connectivity index (χ2n) is 5.94. The third kappa shape index (κ3) is 3.62. The van der Waals surface area contributed by atoms with E-state index in [1.54, 1.807) is 7.11 Å². The van der Waals surface area contributed by atoms with Crippen molar-refractivity contribution in [2.24, 2.45) is 0 Å². The molecule has 0 amide bonds. The monoisotopic (exact) mass is 312 g/mol. The van der Waals surface area contributed by atoms with Crippen molar-refractivity contribution in [3.8, 4) is 5.75 Å². The molecule has 1 aromatic heterocycles. The highest BCUT2D eigenvalue weighted by molar-refractivity contribution is 5.38. The number of benzene rings is 1. The Kier molecular flexibility index (Phi) is 4.76. The molecule has 122 valence electrons. The predicted octanol–water partition coefficient (Wildman–Crippen LogP) is 2.68. The third-order valence-electron chi connectivity index (χ3n) is 4.52. The molecule has 1 aliphatic heterocycles. The van der Waals surface area contributed by atoms with E-state index in [4.69, 9.17) is 4.74 Å². The Morgan fingerprint density at radius 2 is 1.91 bits per heavy atom. The van der Waals surface area contributed by atoms with Crippen LogP contribution in [-0.2, 0) is 0 Å². The number of hydrogen-bond acceptors (Lipinski definition) is 5. The molecular formula is C18H24N4O. The summed E-state index contributed by atoms with van der Waals surface area (Å²) in [6, 6.07) is 10.7. The van der Waals surface area contributed by atoms with Crippen molar-refractivity contribution in [1.82, 2.24) is 14.9 Å². The molecular weight excluding hydrogens is 288 g/mol. The van der Waals surface area contributed by atoms with Gasteiger partial charge >= 0.3 is 0 Å². The van der Waals surface area contributed by atoms with E-state index in [9.17, 15) is 0 Å². The normalized spacial score (nSPS) is 17.1. The molecule has 0 N–H and O–H groups in total. The Morgan fingerprint density at radius 1 is 1.13 bits per heavy atom. The maximum atomic E-state index is 5.34. The summed E-state index contributed by atoms with van der Waals surface area (Å²) in [6.07, 6.45) is 1.84. The summed E-state index contributed by atoms with van der Waals surface area (Å²) in [5.74, 6) is 2.78. The highest BCUT2D eigenvalue weighted by atomic mass is 16.5. The first-order chi connectivity index (χ1) is 11.2. The van der Waals surface area contributed by atoms with Crippen LogP contribution in [0.1, 0.15) is 24.4 Å². The van der Waals surface area contributed by atoms with Crippen molar-refractivity contribution in [2.45, 2.75) is 19.9 Å². The van der Waals surface area contributed by atoms with Gasteiger partial charge in [0, 0.05) is 38.4 Å². The SMILES string of the molecule is COc1cccc(C(C)N2CCN(c3ccnc(C)n3)CC2)c1. The summed E-state index contributed by atoms with van der Waals surface area (Å²) >= 11 is 0. The molecule has 3 rings (SSSR count). The maximum Gasteiger partial charge on any atom is 0.132 e. The molecule has 0 spiro atoms. The van der Waals surface area contributed by atoms with Crippen LogP contribution in [-0.4, -0.2) is 48.2 Å². The smallest absolute Gasteiger partial charge is 0.132 e. The van der Waals surface area contributed by atoms with Crippen molar-refractivity contribution < 1.29 is 4.74 Å². The molecule has 1 aliphatic rings. The largest absolute Gasteiger partial charge is 0.497 e. The van der Waals surface area contributed by atoms with Gasteiger partial charge < -0.3 is 9.64 Å². The highest BCUT2D eigenvalue weighted by Gasteiger charge is 2.23. The van der Waals surface area contributed by atoms with E-state index < -0.39 is 0 Å². The van der Waals surface area contributed by atoms with Gasteiger partial charge in [0.25, 0.3) is 0 Å². The zero-order chi connectivity index (χ0) is 16.2. The lowest BCUT2D eigenvalue weighted by atomic mass is 10.1. The van der Waals surface area contributed by atoms with Gasteiger partial charge in [-0.15, -0.1) is 0 Å². The van der Waals surface area contributed by atoms with Gasteiger partial charge in [0.05, 0.1) is 7.11 Å². The number of aryl methyl sites for hydroxylation is 1. The van der Waals surface area contributed by atoms with Gasteiger partial charge in [-0.25, -0.2) is 9.97 Å². The molecule has 23 heavy (non-hydrogen) atoms. The minimum absolute atomic E-state index is 0.388. The molecule has 1 fully saturated rings. The van der Waals surface area contributed by atoms with Crippen molar-refractivity contribution >= 4 is 5.82 Å². The van der Waals surface area contributed by atoms with Gasteiger partial charge in [0.1, 0.15) is 17.4 Å². The summed E-state index contributed by atoms with van der Waals surface area (Å²) in [7, 11) is 1.71. The third-order valence-corrected chi connectivity index (χ3v) is 4.52. The molecule has 5 nitrogen and oxygen atoms in total. The van der Waals surface area contributed by atoms with E-state index in [-0.39, 0.29) is 0 Å². The van der Waals surface area contributed by atoms with Crippen LogP contribution in [0.15, 0.2) is 36.5 Å². The molecule has 5 heteroatoms. The summed E-state index contributed by atoms with van der Waals surface area (Å²) in [5, 5.41) is 0. The van der Waals surface area contributed by atoms with Gasteiger partial charge in [-0.1, -0.05) is 12.1 Å². The van der Waals surface area contributed by atoms with Crippen molar-refractivity contribution in [3.63, 3.8) is 0 Å². The molecule has 0 saturated carbocycles. The topological polar surface area (TPSA) is 41.5 Å². The van der Waals surface area contributed by atoms with Gasteiger partial charge in [0.2, 0.25) is 0 Å². The number of piperazine rings is 1. The van der Waals surface area contributed by atoms with E-state index >= 15 is 0 Å². The first-order valence-corrected chi connectivity index (χ1v) is 8.10. The minimum Gasteiger partial charge on any atom is -0.497 e. The second kappa shape index (κ2) is 6.96. The van der Waals surface area contributed by atoms with Crippen LogP contribution in [0.25, 0.3) is 0 Å². The first-order valence-electron chi connectivity index (χ1n) is 8.10.